The number of fused-ring (bicyclic) bond motifs is 4. The fraction of sp³-hybridized carbons (Fsp3) is 0.571. The Morgan fingerprint density at radius 1 is 1.32 bits per heavy atom. The molecule has 0 spiro atoms. The Hall–Kier alpha value is -1.20. The summed E-state index contributed by atoms with van der Waals surface area (Å²) >= 11 is 5.54. The van der Waals surface area contributed by atoms with Gasteiger partial charge in [0, 0.05) is 12.2 Å². The SMILES string of the molecule is Cc1ccc2[nH]c(=S)n(C3CN4CCC3CC4)c2n1. The molecular formula is C14H18N4S. The van der Waals surface area contributed by atoms with Crippen LogP contribution in [0, 0.1) is 17.6 Å². The molecule has 0 aliphatic carbocycles. The van der Waals surface area contributed by atoms with E-state index in [1.54, 1.807) is 0 Å². The number of pyridine rings is 1. The molecule has 5 rings (SSSR count). The molecule has 3 aliphatic rings. The van der Waals surface area contributed by atoms with Gasteiger partial charge in [-0.1, -0.05) is 0 Å². The van der Waals surface area contributed by atoms with Crippen molar-refractivity contribution >= 4 is 23.4 Å². The molecule has 19 heavy (non-hydrogen) atoms. The van der Waals surface area contributed by atoms with Gasteiger partial charge in [0.1, 0.15) is 0 Å². The summed E-state index contributed by atoms with van der Waals surface area (Å²) in [5.41, 5.74) is 3.15. The van der Waals surface area contributed by atoms with Gasteiger partial charge in [0.2, 0.25) is 0 Å². The molecule has 1 N–H and O–H groups in total. The monoisotopic (exact) mass is 274 g/mol. The van der Waals surface area contributed by atoms with Crippen LogP contribution in [0.5, 0.6) is 0 Å². The Morgan fingerprint density at radius 3 is 2.79 bits per heavy atom. The molecule has 4 nitrogen and oxygen atoms in total. The molecule has 0 aromatic carbocycles. The average molecular weight is 274 g/mol. The molecule has 2 aromatic heterocycles. The highest BCUT2D eigenvalue weighted by Crippen LogP contribution is 2.37. The van der Waals surface area contributed by atoms with Crippen molar-refractivity contribution in [2.45, 2.75) is 25.8 Å². The van der Waals surface area contributed by atoms with Crippen LogP contribution in [0.4, 0.5) is 0 Å². The second kappa shape index (κ2) is 4.15. The lowest BCUT2D eigenvalue weighted by Gasteiger charge is -2.45. The van der Waals surface area contributed by atoms with Crippen molar-refractivity contribution in [2.75, 3.05) is 19.6 Å². The lowest BCUT2D eigenvalue weighted by molar-refractivity contribution is 0.0580. The van der Waals surface area contributed by atoms with Gasteiger partial charge in [0.15, 0.2) is 10.4 Å². The quantitative estimate of drug-likeness (QED) is 0.812. The van der Waals surface area contributed by atoms with E-state index in [4.69, 9.17) is 17.2 Å². The molecule has 5 heterocycles. The van der Waals surface area contributed by atoms with E-state index in [1.807, 2.05) is 13.0 Å². The van der Waals surface area contributed by atoms with Gasteiger partial charge in [-0.15, -0.1) is 0 Å². The largest absolute Gasteiger partial charge is 0.329 e. The van der Waals surface area contributed by atoms with Crippen molar-refractivity contribution in [1.29, 1.82) is 0 Å². The van der Waals surface area contributed by atoms with Crippen molar-refractivity contribution in [3.63, 3.8) is 0 Å². The lowest BCUT2D eigenvalue weighted by atomic mass is 9.84. The van der Waals surface area contributed by atoms with Crippen LogP contribution in [0.15, 0.2) is 12.1 Å². The first-order valence-corrected chi connectivity index (χ1v) is 7.43. The Kier molecular flexibility index (Phi) is 2.53. The first kappa shape index (κ1) is 11.6. The van der Waals surface area contributed by atoms with Crippen LogP contribution in [0.2, 0.25) is 0 Å². The molecule has 3 aliphatic heterocycles. The zero-order chi connectivity index (χ0) is 13.0. The molecule has 3 saturated heterocycles. The summed E-state index contributed by atoms with van der Waals surface area (Å²) in [5.74, 6) is 0.762. The molecule has 3 fully saturated rings. The summed E-state index contributed by atoms with van der Waals surface area (Å²) in [4.78, 5) is 10.6. The molecule has 2 bridgehead atoms. The highest BCUT2D eigenvalue weighted by Gasteiger charge is 2.36. The summed E-state index contributed by atoms with van der Waals surface area (Å²) < 4.78 is 3.10. The predicted molar refractivity (Wildman–Crippen MR) is 77.9 cm³/mol. The zero-order valence-electron chi connectivity index (χ0n) is 11.1. The first-order valence-electron chi connectivity index (χ1n) is 7.02. The molecule has 100 valence electrons. The summed E-state index contributed by atoms with van der Waals surface area (Å²) in [7, 11) is 0. The average Bonchev–Trinajstić information content (AvgIpc) is 2.75. The lowest BCUT2D eigenvalue weighted by Crippen LogP contribution is -2.48. The van der Waals surface area contributed by atoms with E-state index in [0.717, 1.165) is 34.1 Å². The fourth-order valence-corrected chi connectivity index (χ4v) is 3.96. The van der Waals surface area contributed by atoms with Gasteiger partial charge in [-0.25, -0.2) is 4.98 Å². The summed E-state index contributed by atoms with van der Waals surface area (Å²) in [6, 6.07) is 4.62. The number of hydrogen-bond acceptors (Lipinski definition) is 3. The van der Waals surface area contributed by atoms with E-state index in [2.05, 4.69) is 20.5 Å². The van der Waals surface area contributed by atoms with Gasteiger partial charge >= 0.3 is 0 Å². The number of nitrogens with one attached hydrogen (secondary N) is 1. The molecule has 1 atom stereocenters. The topological polar surface area (TPSA) is 36.9 Å². The number of aromatic amines is 1. The number of H-pyrrole nitrogens is 1. The molecule has 5 heteroatoms. The van der Waals surface area contributed by atoms with Crippen LogP contribution in [-0.2, 0) is 0 Å². The standard InChI is InChI=1S/C14H18N4S/c1-9-2-3-11-13(15-9)18(14(19)16-11)12-8-17-6-4-10(12)5-7-17/h2-3,10,12H,4-8H2,1H3,(H,16,19). The van der Waals surface area contributed by atoms with Gasteiger partial charge in [-0.2, -0.15) is 0 Å². The number of imidazole rings is 1. The van der Waals surface area contributed by atoms with Gasteiger partial charge < -0.3 is 9.88 Å². The third-order valence-electron chi connectivity index (χ3n) is 4.66. The van der Waals surface area contributed by atoms with Gasteiger partial charge in [0.25, 0.3) is 0 Å². The van der Waals surface area contributed by atoms with Gasteiger partial charge in [-0.3, -0.25) is 4.57 Å². The number of piperidine rings is 3. The van der Waals surface area contributed by atoms with Gasteiger partial charge in [-0.05, 0) is 63.1 Å². The number of nitrogens with zero attached hydrogens (tertiary/aromatic N) is 3. The van der Waals surface area contributed by atoms with E-state index in [0.29, 0.717) is 6.04 Å². The van der Waals surface area contributed by atoms with E-state index >= 15 is 0 Å². The summed E-state index contributed by atoms with van der Waals surface area (Å²) in [6.07, 6.45) is 2.59. The van der Waals surface area contributed by atoms with Crippen molar-refractivity contribution in [3.8, 4) is 0 Å². The molecule has 1 unspecified atom stereocenters. The van der Waals surface area contributed by atoms with E-state index in [-0.39, 0.29) is 0 Å². The second-order valence-corrected chi connectivity index (χ2v) is 6.22. The maximum absolute atomic E-state index is 5.54. The zero-order valence-corrected chi connectivity index (χ0v) is 11.9. The minimum Gasteiger partial charge on any atom is -0.329 e. The summed E-state index contributed by atoms with van der Waals surface area (Å²) in [5, 5.41) is 0. The third kappa shape index (κ3) is 1.75. The third-order valence-corrected chi connectivity index (χ3v) is 4.95. The van der Waals surface area contributed by atoms with Crippen LogP contribution in [0.25, 0.3) is 11.2 Å². The molecular weight excluding hydrogens is 256 g/mol. The van der Waals surface area contributed by atoms with Gasteiger partial charge in [0.05, 0.1) is 11.6 Å². The number of aromatic nitrogens is 3. The maximum Gasteiger partial charge on any atom is 0.179 e. The van der Waals surface area contributed by atoms with E-state index in [9.17, 15) is 0 Å². The molecule has 2 aromatic rings. The first-order chi connectivity index (χ1) is 9.22. The van der Waals surface area contributed by atoms with Crippen LogP contribution >= 0.6 is 12.2 Å². The molecule has 0 saturated carbocycles. The minimum atomic E-state index is 0.498. The Morgan fingerprint density at radius 2 is 2.11 bits per heavy atom. The number of aryl methyl sites for hydroxylation is 1. The normalized spacial score (nSPS) is 30.1. The van der Waals surface area contributed by atoms with Crippen LogP contribution in [-0.4, -0.2) is 39.1 Å². The Labute approximate surface area is 117 Å². The van der Waals surface area contributed by atoms with Crippen molar-refractivity contribution in [2.24, 2.45) is 5.92 Å². The van der Waals surface area contributed by atoms with Crippen LogP contribution in [0.3, 0.4) is 0 Å². The Bertz CT molecular complexity index is 678. The van der Waals surface area contributed by atoms with Crippen LogP contribution in [0.1, 0.15) is 24.6 Å². The number of hydrogen-bond donors (Lipinski definition) is 1. The van der Waals surface area contributed by atoms with Crippen molar-refractivity contribution in [3.05, 3.63) is 22.6 Å². The highest BCUT2D eigenvalue weighted by atomic mass is 32.1. The number of rotatable bonds is 1. The van der Waals surface area contributed by atoms with Crippen molar-refractivity contribution in [1.82, 2.24) is 19.4 Å². The van der Waals surface area contributed by atoms with E-state index in [1.165, 1.54) is 25.9 Å². The fourth-order valence-electron chi connectivity index (χ4n) is 3.63. The highest BCUT2D eigenvalue weighted by molar-refractivity contribution is 7.71. The smallest absolute Gasteiger partial charge is 0.179 e. The second-order valence-electron chi connectivity index (χ2n) is 5.83. The molecule has 0 amide bonds. The van der Waals surface area contributed by atoms with Crippen LogP contribution < -0.4 is 0 Å². The van der Waals surface area contributed by atoms with E-state index < -0.39 is 0 Å². The Balaban J connectivity index is 1.88. The molecule has 0 radical (unpaired) electrons. The summed E-state index contributed by atoms with van der Waals surface area (Å²) in [6.45, 7) is 5.67. The maximum atomic E-state index is 5.54. The predicted octanol–water partition coefficient (Wildman–Crippen LogP) is 2.67. The minimum absolute atomic E-state index is 0.498. The van der Waals surface area contributed by atoms with Crippen molar-refractivity contribution < 1.29 is 0 Å².